The van der Waals surface area contributed by atoms with Crippen molar-refractivity contribution >= 4 is 11.8 Å². The molecule has 0 unspecified atom stereocenters. The van der Waals surface area contributed by atoms with Gasteiger partial charge in [0.25, 0.3) is 5.91 Å². The van der Waals surface area contributed by atoms with Gasteiger partial charge in [0.1, 0.15) is 0 Å². The van der Waals surface area contributed by atoms with Crippen LogP contribution in [0.2, 0.25) is 0 Å². The van der Waals surface area contributed by atoms with Gasteiger partial charge in [0.15, 0.2) is 5.82 Å². The number of nitrogens with zero attached hydrogens (tertiary/aromatic N) is 3. The van der Waals surface area contributed by atoms with Crippen LogP contribution < -0.4 is 10.6 Å². The number of pyridine rings is 1. The molecular weight excluding hydrogens is 330 g/mol. The SMILES string of the molecule is O=C(CCNC(=O)c1cnc(-c2cccnc2)nc1)NC1CCCCC1. The highest BCUT2D eigenvalue weighted by molar-refractivity contribution is 5.94. The molecule has 0 aliphatic heterocycles. The number of rotatable bonds is 6. The highest BCUT2D eigenvalue weighted by Crippen LogP contribution is 2.17. The molecule has 1 fully saturated rings. The Morgan fingerprint density at radius 2 is 1.85 bits per heavy atom. The average Bonchev–Trinajstić information content (AvgIpc) is 2.69. The minimum absolute atomic E-state index is 0.0135. The van der Waals surface area contributed by atoms with E-state index >= 15 is 0 Å². The van der Waals surface area contributed by atoms with Crippen LogP contribution >= 0.6 is 0 Å². The molecule has 1 aliphatic carbocycles. The van der Waals surface area contributed by atoms with Crippen LogP contribution in [0, 0.1) is 0 Å². The summed E-state index contributed by atoms with van der Waals surface area (Å²) in [6.07, 6.45) is 12.3. The molecule has 0 bridgehead atoms. The normalized spacial score (nSPS) is 14.6. The fraction of sp³-hybridized carbons (Fsp3) is 0.421. The van der Waals surface area contributed by atoms with Crippen molar-refractivity contribution in [3.05, 3.63) is 42.5 Å². The largest absolute Gasteiger partial charge is 0.353 e. The molecule has 26 heavy (non-hydrogen) atoms. The molecule has 0 saturated heterocycles. The highest BCUT2D eigenvalue weighted by atomic mass is 16.2. The van der Waals surface area contributed by atoms with Gasteiger partial charge in [-0.2, -0.15) is 0 Å². The van der Waals surface area contributed by atoms with Crippen molar-refractivity contribution in [2.24, 2.45) is 0 Å². The molecule has 0 spiro atoms. The van der Waals surface area contributed by atoms with Crippen LogP contribution in [0.25, 0.3) is 11.4 Å². The van der Waals surface area contributed by atoms with Gasteiger partial charge in [-0.3, -0.25) is 14.6 Å². The summed E-state index contributed by atoms with van der Waals surface area (Å²) in [5.41, 5.74) is 1.16. The summed E-state index contributed by atoms with van der Waals surface area (Å²) in [6, 6.07) is 3.95. The summed E-state index contributed by atoms with van der Waals surface area (Å²) in [5, 5.41) is 5.77. The zero-order valence-electron chi connectivity index (χ0n) is 14.6. The lowest BCUT2D eigenvalue weighted by molar-refractivity contribution is -0.121. The second-order valence-corrected chi connectivity index (χ2v) is 6.45. The smallest absolute Gasteiger partial charge is 0.254 e. The van der Waals surface area contributed by atoms with Crippen LogP contribution in [0.5, 0.6) is 0 Å². The van der Waals surface area contributed by atoms with E-state index in [1.165, 1.54) is 31.7 Å². The summed E-state index contributed by atoms with van der Waals surface area (Å²) < 4.78 is 0. The van der Waals surface area contributed by atoms with E-state index in [1.807, 2.05) is 6.07 Å². The van der Waals surface area contributed by atoms with Crippen molar-refractivity contribution in [3.63, 3.8) is 0 Å². The first-order valence-electron chi connectivity index (χ1n) is 9.02. The van der Waals surface area contributed by atoms with Crippen LogP contribution in [0.3, 0.4) is 0 Å². The van der Waals surface area contributed by atoms with Gasteiger partial charge in [-0.15, -0.1) is 0 Å². The maximum absolute atomic E-state index is 12.1. The number of aromatic nitrogens is 3. The molecule has 2 amide bonds. The number of hydrogen-bond acceptors (Lipinski definition) is 5. The molecule has 0 radical (unpaired) electrons. The topological polar surface area (TPSA) is 96.9 Å². The Labute approximate surface area is 152 Å². The summed E-state index contributed by atoms with van der Waals surface area (Å²) in [5.74, 6) is 0.218. The van der Waals surface area contributed by atoms with Crippen LogP contribution in [-0.4, -0.2) is 39.4 Å². The van der Waals surface area contributed by atoms with Crippen LogP contribution in [0.15, 0.2) is 36.9 Å². The molecule has 7 heteroatoms. The van der Waals surface area contributed by atoms with Gasteiger partial charge in [-0.1, -0.05) is 19.3 Å². The van der Waals surface area contributed by atoms with E-state index in [2.05, 4.69) is 25.6 Å². The quantitative estimate of drug-likeness (QED) is 0.829. The first-order chi connectivity index (χ1) is 12.7. The van der Waals surface area contributed by atoms with E-state index in [0.717, 1.165) is 18.4 Å². The number of amides is 2. The summed E-state index contributed by atoms with van der Waals surface area (Å²) >= 11 is 0. The maximum atomic E-state index is 12.1. The van der Waals surface area contributed by atoms with Crippen molar-refractivity contribution < 1.29 is 9.59 Å². The number of hydrogen-bond donors (Lipinski definition) is 2. The average molecular weight is 353 g/mol. The van der Waals surface area contributed by atoms with E-state index < -0.39 is 0 Å². The molecule has 2 aromatic rings. The maximum Gasteiger partial charge on any atom is 0.254 e. The molecule has 136 valence electrons. The van der Waals surface area contributed by atoms with Crippen molar-refractivity contribution in [3.8, 4) is 11.4 Å². The Balaban J connectivity index is 1.44. The monoisotopic (exact) mass is 353 g/mol. The lowest BCUT2D eigenvalue weighted by Crippen LogP contribution is -2.38. The summed E-state index contributed by atoms with van der Waals surface area (Å²) in [4.78, 5) is 36.5. The zero-order valence-corrected chi connectivity index (χ0v) is 14.6. The first-order valence-corrected chi connectivity index (χ1v) is 9.02. The molecule has 1 saturated carbocycles. The van der Waals surface area contributed by atoms with E-state index in [0.29, 0.717) is 24.0 Å². The predicted octanol–water partition coefficient (Wildman–Crippen LogP) is 2.11. The Morgan fingerprint density at radius 3 is 2.54 bits per heavy atom. The standard InChI is InChI=1S/C19H23N5O2/c25-17(24-16-6-2-1-3-7-16)8-10-21-19(26)15-12-22-18(23-13-15)14-5-4-9-20-11-14/h4-5,9,11-13,16H,1-3,6-8,10H2,(H,21,26)(H,24,25). The lowest BCUT2D eigenvalue weighted by Gasteiger charge is -2.22. The third kappa shape index (κ3) is 5.08. The fourth-order valence-electron chi connectivity index (χ4n) is 3.03. The molecule has 2 aromatic heterocycles. The van der Waals surface area contributed by atoms with Gasteiger partial charge in [-0.05, 0) is 25.0 Å². The number of carbonyl (C=O) groups excluding carboxylic acids is 2. The Kier molecular flexibility index (Phi) is 6.24. The third-order valence-corrected chi connectivity index (χ3v) is 4.44. The Morgan fingerprint density at radius 1 is 1.08 bits per heavy atom. The predicted molar refractivity (Wildman–Crippen MR) is 97.2 cm³/mol. The van der Waals surface area contributed by atoms with E-state index in [4.69, 9.17) is 0 Å². The van der Waals surface area contributed by atoms with Gasteiger partial charge >= 0.3 is 0 Å². The molecule has 1 aliphatic rings. The van der Waals surface area contributed by atoms with Crippen molar-refractivity contribution in [2.75, 3.05) is 6.54 Å². The van der Waals surface area contributed by atoms with E-state index in [1.54, 1.807) is 18.5 Å². The molecular formula is C19H23N5O2. The Hall–Kier alpha value is -2.83. The summed E-state index contributed by atoms with van der Waals surface area (Å²) in [6.45, 7) is 0.293. The fourth-order valence-corrected chi connectivity index (χ4v) is 3.03. The molecule has 7 nitrogen and oxygen atoms in total. The molecule has 0 aromatic carbocycles. The van der Waals surface area contributed by atoms with Gasteiger partial charge in [0, 0.05) is 49.4 Å². The third-order valence-electron chi connectivity index (χ3n) is 4.44. The molecule has 2 N–H and O–H groups in total. The lowest BCUT2D eigenvalue weighted by atomic mass is 9.95. The number of carbonyl (C=O) groups is 2. The van der Waals surface area contributed by atoms with Crippen LogP contribution in [0.1, 0.15) is 48.9 Å². The second-order valence-electron chi connectivity index (χ2n) is 6.45. The van der Waals surface area contributed by atoms with Crippen molar-refractivity contribution in [2.45, 2.75) is 44.6 Å². The molecule has 3 rings (SSSR count). The van der Waals surface area contributed by atoms with E-state index in [9.17, 15) is 9.59 Å². The van der Waals surface area contributed by atoms with Gasteiger partial charge in [-0.25, -0.2) is 9.97 Å². The Bertz CT molecular complexity index is 727. The van der Waals surface area contributed by atoms with Crippen LogP contribution in [-0.2, 0) is 4.79 Å². The molecule has 0 atom stereocenters. The highest BCUT2D eigenvalue weighted by Gasteiger charge is 2.15. The molecule has 2 heterocycles. The minimum atomic E-state index is -0.284. The van der Waals surface area contributed by atoms with Crippen LogP contribution in [0.4, 0.5) is 0 Å². The first kappa shape index (κ1) is 18.0. The van der Waals surface area contributed by atoms with Crippen molar-refractivity contribution in [1.82, 2.24) is 25.6 Å². The van der Waals surface area contributed by atoms with Crippen molar-refractivity contribution in [1.29, 1.82) is 0 Å². The second kappa shape index (κ2) is 9.03. The van der Waals surface area contributed by atoms with Gasteiger partial charge < -0.3 is 10.6 Å². The van der Waals surface area contributed by atoms with E-state index in [-0.39, 0.29) is 18.2 Å². The summed E-state index contributed by atoms with van der Waals surface area (Å²) in [7, 11) is 0. The minimum Gasteiger partial charge on any atom is -0.353 e. The van der Waals surface area contributed by atoms with Gasteiger partial charge in [0.2, 0.25) is 5.91 Å². The van der Waals surface area contributed by atoms with Gasteiger partial charge in [0.05, 0.1) is 5.56 Å². The number of nitrogens with one attached hydrogen (secondary N) is 2. The zero-order chi connectivity index (χ0) is 18.2.